The zero-order valence-electron chi connectivity index (χ0n) is 14.8. The summed E-state index contributed by atoms with van der Waals surface area (Å²) in [5.74, 6) is 0.905. The third-order valence-electron chi connectivity index (χ3n) is 3.93. The number of benzene rings is 2. The largest absolute Gasteiger partial charge is 0.508 e. The average molecular weight is 364 g/mol. The normalized spacial score (nSPS) is 10.9. The molecule has 0 aliphatic carbocycles. The van der Waals surface area contributed by atoms with E-state index in [0.717, 1.165) is 23.1 Å². The molecule has 0 aliphatic rings. The number of hydrogen-bond donors (Lipinski definition) is 3. The van der Waals surface area contributed by atoms with Gasteiger partial charge in [-0.15, -0.1) is 0 Å². The minimum Gasteiger partial charge on any atom is -0.508 e. The molecule has 7 heteroatoms. The van der Waals surface area contributed by atoms with Crippen molar-refractivity contribution in [1.82, 2.24) is 9.97 Å². The molecule has 0 saturated carbocycles. The van der Waals surface area contributed by atoms with Crippen molar-refractivity contribution in [3.8, 4) is 23.0 Å². The number of nitrogens with one attached hydrogen (secondary N) is 1. The summed E-state index contributed by atoms with van der Waals surface area (Å²) in [6.07, 6.45) is 2.14. The maximum atomic E-state index is 9.34. The van der Waals surface area contributed by atoms with Gasteiger partial charge in [-0.3, -0.25) is 0 Å². The molecule has 0 spiro atoms. The maximum Gasteiger partial charge on any atom is 0.318 e. The van der Waals surface area contributed by atoms with Crippen molar-refractivity contribution in [2.75, 3.05) is 19.0 Å². The lowest BCUT2D eigenvalue weighted by molar-refractivity contribution is 0.322. The van der Waals surface area contributed by atoms with Crippen LogP contribution < -0.4 is 10.1 Å². The number of ether oxygens (including phenoxy) is 1. The van der Waals surface area contributed by atoms with Crippen LogP contribution in [0.4, 0.5) is 5.82 Å². The molecule has 1 heterocycles. The summed E-state index contributed by atoms with van der Waals surface area (Å²) in [7, 11) is 1.52. The van der Waals surface area contributed by atoms with Gasteiger partial charge in [0.05, 0.1) is 19.0 Å². The highest BCUT2D eigenvalue weighted by molar-refractivity contribution is 5.81. The van der Waals surface area contributed by atoms with E-state index < -0.39 is 0 Å². The Morgan fingerprint density at radius 3 is 2.67 bits per heavy atom. The first-order valence-corrected chi connectivity index (χ1v) is 8.40. The van der Waals surface area contributed by atoms with Crippen LogP contribution >= 0.6 is 0 Å². The third-order valence-corrected chi connectivity index (χ3v) is 3.93. The van der Waals surface area contributed by atoms with Gasteiger partial charge in [-0.25, -0.2) is 0 Å². The molecule has 3 rings (SSSR count). The van der Waals surface area contributed by atoms with Crippen molar-refractivity contribution in [2.45, 2.75) is 6.42 Å². The van der Waals surface area contributed by atoms with Crippen LogP contribution in [0.2, 0.25) is 0 Å². The first-order chi connectivity index (χ1) is 13.2. The summed E-state index contributed by atoms with van der Waals surface area (Å²) in [4.78, 5) is 8.72. The molecule has 0 fully saturated rings. The van der Waals surface area contributed by atoms with Gasteiger partial charge in [-0.2, -0.15) is 9.97 Å². The second-order valence-electron chi connectivity index (χ2n) is 5.84. The number of aromatic nitrogens is 2. The molecule has 0 radical (unpaired) electrons. The van der Waals surface area contributed by atoms with Gasteiger partial charge in [0.25, 0.3) is 0 Å². The lowest BCUT2D eigenvalue weighted by atomic mass is 10.1. The average Bonchev–Trinajstić information content (AvgIpc) is 2.70. The van der Waals surface area contributed by atoms with Crippen molar-refractivity contribution in [1.29, 1.82) is 0 Å². The lowest BCUT2D eigenvalue weighted by Gasteiger charge is -2.10. The topological polar surface area (TPSA) is 99.9 Å². The molecule has 27 heavy (non-hydrogen) atoms. The molecule has 3 aromatic rings. The Bertz CT molecular complexity index is 927. The standard InChI is InChI=1S/C20H20N4O3/c1-27-20-23-18(16-4-2-3-15(11-16)13-22-26)12-19(24-20)21-10-9-14-5-7-17(25)8-6-14/h2-8,11-13,25-26H,9-10H2,1H3,(H,21,23,24)/b22-13+. The van der Waals surface area contributed by atoms with Crippen LogP contribution in [0.1, 0.15) is 11.1 Å². The maximum absolute atomic E-state index is 9.34. The van der Waals surface area contributed by atoms with Gasteiger partial charge >= 0.3 is 6.01 Å². The Morgan fingerprint density at radius 2 is 1.93 bits per heavy atom. The zero-order valence-corrected chi connectivity index (χ0v) is 14.8. The molecule has 7 nitrogen and oxygen atoms in total. The van der Waals surface area contributed by atoms with Crippen molar-refractivity contribution >= 4 is 12.0 Å². The summed E-state index contributed by atoms with van der Waals surface area (Å²) >= 11 is 0. The van der Waals surface area contributed by atoms with E-state index in [2.05, 4.69) is 20.4 Å². The fourth-order valence-electron chi connectivity index (χ4n) is 2.60. The van der Waals surface area contributed by atoms with Crippen LogP contribution in [-0.2, 0) is 6.42 Å². The van der Waals surface area contributed by atoms with Gasteiger partial charge in [-0.05, 0) is 35.7 Å². The summed E-state index contributed by atoms with van der Waals surface area (Å²) in [5.41, 5.74) is 3.42. The Labute approximate surface area is 157 Å². The van der Waals surface area contributed by atoms with Crippen LogP contribution in [-0.4, -0.2) is 40.2 Å². The van der Waals surface area contributed by atoms with E-state index in [1.165, 1.54) is 13.3 Å². The molecule has 1 aromatic heterocycles. The van der Waals surface area contributed by atoms with Crippen molar-refractivity contribution < 1.29 is 15.1 Å². The first kappa shape index (κ1) is 18.2. The monoisotopic (exact) mass is 364 g/mol. The number of aromatic hydroxyl groups is 1. The van der Waals surface area contributed by atoms with Crippen LogP contribution in [0.25, 0.3) is 11.3 Å². The quantitative estimate of drug-likeness (QED) is 0.338. The van der Waals surface area contributed by atoms with Crippen LogP contribution in [0.5, 0.6) is 11.8 Å². The summed E-state index contributed by atoms with van der Waals surface area (Å²) < 4.78 is 5.22. The molecular formula is C20H20N4O3. The number of phenols is 1. The van der Waals surface area contributed by atoms with E-state index in [0.29, 0.717) is 18.1 Å². The lowest BCUT2D eigenvalue weighted by Crippen LogP contribution is -2.08. The molecule has 0 unspecified atom stereocenters. The Morgan fingerprint density at radius 1 is 1.11 bits per heavy atom. The van der Waals surface area contributed by atoms with Gasteiger partial charge in [0.1, 0.15) is 11.6 Å². The molecule has 3 N–H and O–H groups in total. The highest BCUT2D eigenvalue weighted by atomic mass is 16.5. The number of rotatable bonds is 7. The fraction of sp³-hybridized carbons (Fsp3) is 0.150. The van der Waals surface area contributed by atoms with E-state index in [1.54, 1.807) is 12.1 Å². The van der Waals surface area contributed by atoms with Crippen molar-refractivity contribution in [3.05, 3.63) is 65.7 Å². The van der Waals surface area contributed by atoms with Crippen molar-refractivity contribution in [2.24, 2.45) is 5.16 Å². The number of methoxy groups -OCH3 is 1. The highest BCUT2D eigenvalue weighted by Crippen LogP contribution is 2.23. The van der Waals surface area contributed by atoms with Crippen LogP contribution in [0.3, 0.4) is 0 Å². The number of hydrogen-bond acceptors (Lipinski definition) is 7. The van der Waals surface area contributed by atoms with E-state index in [1.807, 2.05) is 42.5 Å². The summed E-state index contributed by atoms with van der Waals surface area (Å²) in [6.45, 7) is 0.668. The van der Waals surface area contributed by atoms with Gasteiger partial charge < -0.3 is 20.4 Å². The van der Waals surface area contributed by atoms with E-state index in [9.17, 15) is 5.11 Å². The van der Waals surface area contributed by atoms with E-state index >= 15 is 0 Å². The smallest absolute Gasteiger partial charge is 0.318 e. The number of phenolic OH excluding ortho intramolecular Hbond substituents is 1. The molecule has 0 amide bonds. The molecular weight excluding hydrogens is 344 g/mol. The molecule has 138 valence electrons. The van der Waals surface area contributed by atoms with E-state index in [4.69, 9.17) is 9.94 Å². The molecule has 0 bridgehead atoms. The number of nitrogens with zero attached hydrogens (tertiary/aromatic N) is 3. The summed E-state index contributed by atoms with van der Waals surface area (Å²) in [5, 5.41) is 24.4. The van der Waals surface area contributed by atoms with Gasteiger partial charge in [0, 0.05) is 18.2 Å². The zero-order chi connectivity index (χ0) is 19.1. The van der Waals surface area contributed by atoms with Gasteiger partial charge in [-0.1, -0.05) is 35.5 Å². The third kappa shape index (κ3) is 4.94. The van der Waals surface area contributed by atoms with Gasteiger partial charge in [0.2, 0.25) is 0 Å². The Hall–Kier alpha value is -3.61. The van der Waals surface area contributed by atoms with Gasteiger partial charge in [0.15, 0.2) is 0 Å². The minimum atomic E-state index is 0.255. The van der Waals surface area contributed by atoms with E-state index in [-0.39, 0.29) is 11.8 Å². The molecule has 0 aliphatic heterocycles. The predicted molar refractivity (Wildman–Crippen MR) is 104 cm³/mol. The Balaban J connectivity index is 1.77. The van der Waals surface area contributed by atoms with Crippen LogP contribution in [0.15, 0.2) is 59.8 Å². The van der Waals surface area contributed by atoms with Crippen molar-refractivity contribution in [3.63, 3.8) is 0 Å². The SMILES string of the molecule is COc1nc(NCCc2ccc(O)cc2)cc(-c2cccc(/C=N/O)c2)n1. The predicted octanol–water partition coefficient (Wildman–Crippen LogP) is 3.32. The fourth-order valence-corrected chi connectivity index (χ4v) is 2.60. The highest BCUT2D eigenvalue weighted by Gasteiger charge is 2.08. The number of oxime groups is 1. The first-order valence-electron chi connectivity index (χ1n) is 8.40. The second kappa shape index (κ2) is 8.66. The second-order valence-corrected chi connectivity index (χ2v) is 5.84. The summed E-state index contributed by atoms with van der Waals surface area (Å²) in [6, 6.07) is 16.7. The Kier molecular flexibility index (Phi) is 5.84. The number of anilines is 1. The van der Waals surface area contributed by atoms with Crippen LogP contribution in [0, 0.1) is 0 Å². The molecule has 0 saturated heterocycles. The minimum absolute atomic E-state index is 0.255. The molecule has 2 aromatic carbocycles. The molecule has 0 atom stereocenters.